The molecule has 2 aromatic carbocycles. The van der Waals surface area contributed by atoms with Gasteiger partial charge in [-0.2, -0.15) is 5.10 Å². The van der Waals surface area contributed by atoms with E-state index >= 15 is 8.78 Å². The lowest BCUT2D eigenvalue weighted by Crippen LogP contribution is -2.52. The minimum Gasteiger partial charge on any atom is -0.488 e. The van der Waals surface area contributed by atoms with Crippen LogP contribution in [0.4, 0.5) is 20.3 Å². The summed E-state index contributed by atoms with van der Waals surface area (Å²) in [4.78, 5) is 54.3. The van der Waals surface area contributed by atoms with E-state index < -0.39 is 35.4 Å². The Morgan fingerprint density at radius 3 is 2.38 bits per heavy atom. The monoisotopic (exact) mass is 823 g/mol. The highest BCUT2D eigenvalue weighted by molar-refractivity contribution is 6.05. The predicted octanol–water partition coefficient (Wildman–Crippen LogP) is 5.36. The standard InChI is InChI=1S/C44H51F2N9O5/c1-44(12-13-44)60-29-6-7-34-31(20-29)40(51-50-34)35-22-37(48-25-47-35)53-18-16-52(17-19-53)23-26-2-4-27(5-3-26)59-28-10-14-54(15-11-28)41-33(45)21-30-32(39(41)46)24-55(43(30)58)36-8-9-38(56)49-42(36)57/h6-7,20-22,25-28,36H,2-5,8-19,23-24H2,1H3,(H,50,51)(H,49,56,57). The van der Waals surface area contributed by atoms with Crippen LogP contribution in [0.2, 0.25) is 0 Å². The van der Waals surface area contributed by atoms with Gasteiger partial charge < -0.3 is 24.2 Å². The summed E-state index contributed by atoms with van der Waals surface area (Å²) in [5.41, 5.74) is 2.38. The summed E-state index contributed by atoms with van der Waals surface area (Å²) in [5.74, 6) is -0.732. The number of benzene rings is 2. The molecule has 6 heterocycles. The number of anilines is 2. The number of aromatic nitrogens is 4. The number of fused-ring (bicyclic) bond motifs is 2. The fourth-order valence-corrected chi connectivity index (χ4v) is 9.84. The van der Waals surface area contributed by atoms with Crippen molar-refractivity contribution >= 4 is 40.1 Å². The molecule has 1 unspecified atom stereocenters. The highest BCUT2D eigenvalue weighted by atomic mass is 19.1. The van der Waals surface area contributed by atoms with Crippen LogP contribution < -0.4 is 19.9 Å². The lowest BCUT2D eigenvalue weighted by Gasteiger charge is -2.39. The Morgan fingerprint density at radius 2 is 1.63 bits per heavy atom. The van der Waals surface area contributed by atoms with Crippen molar-refractivity contribution in [2.24, 2.45) is 5.92 Å². The highest BCUT2D eigenvalue weighted by Crippen LogP contribution is 2.41. The number of hydrogen-bond acceptors (Lipinski definition) is 11. The molecule has 0 radical (unpaired) electrons. The van der Waals surface area contributed by atoms with E-state index in [0.29, 0.717) is 31.8 Å². The predicted molar refractivity (Wildman–Crippen MR) is 219 cm³/mol. The minimum atomic E-state index is -0.889. The molecule has 1 atom stereocenters. The molecule has 60 heavy (non-hydrogen) atoms. The van der Waals surface area contributed by atoms with Crippen LogP contribution in [0.5, 0.6) is 5.75 Å². The van der Waals surface area contributed by atoms with Crippen molar-refractivity contribution in [3.05, 3.63) is 59.4 Å². The van der Waals surface area contributed by atoms with Gasteiger partial charge in [0.05, 0.1) is 35.5 Å². The van der Waals surface area contributed by atoms with Crippen molar-refractivity contribution in [1.29, 1.82) is 0 Å². The van der Waals surface area contributed by atoms with E-state index in [1.807, 2.05) is 18.2 Å². The molecule has 2 aliphatic carbocycles. The fraction of sp³-hybridized carbons (Fsp3) is 0.545. The van der Waals surface area contributed by atoms with Gasteiger partial charge >= 0.3 is 0 Å². The SMILES string of the molecule is CC1(Oc2ccc3[nH]nc(-c4cc(N5CCN(CC6CCC(OC7CCN(c8c(F)cc9c(c8F)CN(C8CCC(=O)NC8=O)C9=O)CC7)CC6)CC5)ncn4)c3c2)CC1. The Balaban J connectivity index is 0.675. The molecule has 316 valence electrons. The number of carbonyl (C=O) groups excluding carboxylic acids is 3. The molecule has 5 fully saturated rings. The number of nitrogens with zero attached hydrogens (tertiary/aromatic N) is 7. The van der Waals surface area contributed by atoms with E-state index in [2.05, 4.69) is 48.3 Å². The average molecular weight is 824 g/mol. The topological polar surface area (TPSA) is 149 Å². The Morgan fingerprint density at radius 1 is 0.867 bits per heavy atom. The number of ether oxygens (including phenoxy) is 2. The Bertz CT molecular complexity index is 2310. The van der Waals surface area contributed by atoms with Crippen molar-refractivity contribution in [1.82, 2.24) is 35.3 Å². The van der Waals surface area contributed by atoms with Crippen LogP contribution in [0.25, 0.3) is 22.3 Å². The molecule has 14 nitrogen and oxygen atoms in total. The number of piperazine rings is 1. The van der Waals surface area contributed by atoms with Crippen LogP contribution in [0, 0.1) is 17.6 Å². The largest absolute Gasteiger partial charge is 0.488 e. The molecule has 0 bridgehead atoms. The summed E-state index contributed by atoms with van der Waals surface area (Å²) in [6, 6.07) is 8.31. The van der Waals surface area contributed by atoms with Gasteiger partial charge in [0.1, 0.15) is 46.7 Å². The average Bonchev–Trinajstić information content (AvgIpc) is 3.67. The Kier molecular flexibility index (Phi) is 10.2. The molecule has 10 rings (SSSR count). The van der Waals surface area contributed by atoms with E-state index in [0.717, 1.165) is 111 Å². The van der Waals surface area contributed by atoms with Crippen LogP contribution in [-0.4, -0.2) is 117 Å². The maximum Gasteiger partial charge on any atom is 0.255 e. The van der Waals surface area contributed by atoms with Gasteiger partial charge in [0.2, 0.25) is 11.8 Å². The first-order valence-corrected chi connectivity index (χ1v) is 21.6. The van der Waals surface area contributed by atoms with Gasteiger partial charge in [-0.15, -0.1) is 0 Å². The number of hydrogen-bond donors (Lipinski definition) is 2. The number of imide groups is 1. The zero-order chi connectivity index (χ0) is 41.1. The number of nitrogens with one attached hydrogen (secondary N) is 2. The Labute approximate surface area is 347 Å². The number of rotatable bonds is 10. The number of halogens is 2. The molecule has 6 aliphatic rings. The summed E-state index contributed by atoms with van der Waals surface area (Å²) in [5, 5.41) is 11.0. The molecule has 3 saturated heterocycles. The van der Waals surface area contributed by atoms with Crippen LogP contribution in [0.1, 0.15) is 87.1 Å². The smallest absolute Gasteiger partial charge is 0.255 e. The van der Waals surface area contributed by atoms with Gasteiger partial charge in [-0.25, -0.2) is 18.7 Å². The van der Waals surface area contributed by atoms with Crippen molar-refractivity contribution in [3.63, 3.8) is 0 Å². The molecular formula is C44H51F2N9O5. The number of aromatic amines is 1. The lowest BCUT2D eigenvalue weighted by molar-refractivity contribution is -0.136. The van der Waals surface area contributed by atoms with Crippen molar-refractivity contribution in [2.75, 3.05) is 55.6 Å². The molecule has 2 aromatic heterocycles. The molecular weight excluding hydrogens is 773 g/mol. The third-order valence-electron chi connectivity index (χ3n) is 13.6. The van der Waals surface area contributed by atoms with E-state index in [1.165, 1.54) is 4.90 Å². The summed E-state index contributed by atoms with van der Waals surface area (Å²) in [6.45, 7) is 7.69. The van der Waals surface area contributed by atoms with Gasteiger partial charge in [0.25, 0.3) is 5.91 Å². The van der Waals surface area contributed by atoms with Crippen molar-refractivity contribution in [2.45, 2.75) is 102 Å². The number of piperidine rings is 2. The first-order chi connectivity index (χ1) is 29.1. The summed E-state index contributed by atoms with van der Waals surface area (Å²) < 4.78 is 44.2. The highest BCUT2D eigenvalue weighted by Gasteiger charge is 2.43. The fourth-order valence-electron chi connectivity index (χ4n) is 9.84. The summed E-state index contributed by atoms with van der Waals surface area (Å²) >= 11 is 0. The Hall–Kier alpha value is -5.22. The van der Waals surface area contributed by atoms with Gasteiger partial charge in [0, 0.05) is 69.3 Å². The molecule has 2 saturated carbocycles. The van der Waals surface area contributed by atoms with E-state index in [4.69, 9.17) is 9.47 Å². The van der Waals surface area contributed by atoms with Gasteiger partial charge in [-0.05, 0) is 94.9 Å². The number of carbonyl (C=O) groups is 3. The van der Waals surface area contributed by atoms with Gasteiger partial charge in [-0.1, -0.05) is 0 Å². The molecule has 4 aromatic rings. The van der Waals surface area contributed by atoms with E-state index in [-0.39, 0.29) is 54.0 Å². The van der Waals surface area contributed by atoms with Crippen molar-refractivity contribution < 1.29 is 32.6 Å². The first kappa shape index (κ1) is 38.9. The second-order valence-corrected chi connectivity index (χ2v) is 17.8. The van der Waals surface area contributed by atoms with E-state index in [1.54, 1.807) is 11.2 Å². The number of H-pyrrole nitrogens is 1. The lowest BCUT2D eigenvalue weighted by atomic mass is 9.86. The third-order valence-corrected chi connectivity index (χ3v) is 13.6. The maximum absolute atomic E-state index is 16.0. The summed E-state index contributed by atoms with van der Waals surface area (Å²) in [7, 11) is 0. The maximum atomic E-state index is 16.0. The third kappa shape index (κ3) is 7.68. The van der Waals surface area contributed by atoms with E-state index in [9.17, 15) is 14.4 Å². The molecule has 3 amide bonds. The van der Waals surface area contributed by atoms with Crippen LogP contribution >= 0.6 is 0 Å². The zero-order valence-corrected chi connectivity index (χ0v) is 33.9. The van der Waals surface area contributed by atoms with Crippen LogP contribution in [0.3, 0.4) is 0 Å². The van der Waals surface area contributed by atoms with Gasteiger partial charge in [-0.3, -0.25) is 29.7 Å². The van der Waals surface area contributed by atoms with Crippen molar-refractivity contribution in [3.8, 4) is 17.1 Å². The van der Waals surface area contributed by atoms with Crippen LogP contribution in [-0.2, 0) is 20.9 Å². The quantitative estimate of drug-likeness (QED) is 0.199. The molecule has 16 heteroatoms. The zero-order valence-electron chi connectivity index (χ0n) is 33.9. The summed E-state index contributed by atoms with van der Waals surface area (Å²) in [6.07, 6.45) is 9.80. The molecule has 2 N–H and O–H groups in total. The molecule has 4 aliphatic heterocycles. The van der Waals surface area contributed by atoms with Crippen LogP contribution in [0.15, 0.2) is 36.7 Å². The molecule has 0 spiro atoms. The second-order valence-electron chi connectivity index (χ2n) is 17.8. The second kappa shape index (κ2) is 15.7. The first-order valence-electron chi connectivity index (χ1n) is 21.6. The minimum absolute atomic E-state index is 0.0254. The number of amides is 3. The normalized spacial score (nSPS) is 24.9. The van der Waals surface area contributed by atoms with Gasteiger partial charge in [0.15, 0.2) is 5.82 Å².